The molecule has 1 N–H and O–H groups in total. The fraction of sp³-hybridized carbons (Fsp3) is 0.154. The van der Waals surface area contributed by atoms with Crippen LogP contribution in [0.4, 0.5) is 5.69 Å². The van der Waals surface area contributed by atoms with Gasteiger partial charge in [0.15, 0.2) is 6.73 Å². The Hall–Kier alpha value is -3.98. The van der Waals surface area contributed by atoms with Crippen LogP contribution in [0.3, 0.4) is 0 Å². The highest BCUT2D eigenvalue weighted by atomic mass is 79.9. The van der Waals surface area contributed by atoms with E-state index < -0.39 is 0 Å². The van der Waals surface area contributed by atoms with Crippen LogP contribution in [0.25, 0.3) is 22.2 Å². The average molecular weight is 531 g/mol. The normalized spacial score (nSPS) is 11.1. The number of halogens is 1. The van der Waals surface area contributed by atoms with E-state index >= 15 is 0 Å². The molecule has 0 atom stereocenters. The van der Waals surface area contributed by atoms with Gasteiger partial charge in [0.1, 0.15) is 5.75 Å². The molecule has 8 nitrogen and oxygen atoms in total. The number of hydrogen-bond donors (Lipinski definition) is 1. The fourth-order valence-electron chi connectivity index (χ4n) is 4.00. The van der Waals surface area contributed by atoms with Crippen molar-refractivity contribution in [3.8, 4) is 17.0 Å². The highest BCUT2D eigenvalue weighted by Gasteiger charge is 2.19. The topological polar surface area (TPSA) is 86.9 Å². The maximum Gasteiger partial charge on any atom is 0.256 e. The second-order valence-corrected chi connectivity index (χ2v) is 9.11. The van der Waals surface area contributed by atoms with Crippen molar-refractivity contribution in [1.82, 2.24) is 24.5 Å². The maximum absolute atomic E-state index is 13.4. The van der Waals surface area contributed by atoms with E-state index in [1.54, 1.807) is 17.1 Å². The molecule has 3 aromatic heterocycles. The number of carbonyl (C=O) groups is 1. The Morgan fingerprint density at radius 2 is 1.89 bits per heavy atom. The Labute approximate surface area is 210 Å². The Kier molecular flexibility index (Phi) is 6.08. The molecule has 176 valence electrons. The SMILES string of the molecule is Cc1nn(C)c(C)c1-c1cc(C(=O)Nc2cnn(COc3ccc(Br)cc3)c2)c2ccccc2n1. The molecule has 5 aromatic rings. The zero-order chi connectivity index (χ0) is 24.5. The van der Waals surface area contributed by atoms with Gasteiger partial charge in [-0.05, 0) is 50.2 Å². The first-order valence-corrected chi connectivity index (χ1v) is 11.8. The average Bonchev–Trinajstić information content (AvgIpc) is 3.40. The highest BCUT2D eigenvalue weighted by Crippen LogP contribution is 2.29. The zero-order valence-corrected chi connectivity index (χ0v) is 21.1. The third-order valence-corrected chi connectivity index (χ3v) is 6.32. The Balaban J connectivity index is 1.40. The first kappa shape index (κ1) is 22.8. The van der Waals surface area contributed by atoms with Gasteiger partial charge in [-0.1, -0.05) is 34.1 Å². The van der Waals surface area contributed by atoms with Crippen LogP contribution in [-0.2, 0) is 13.8 Å². The molecule has 5 rings (SSSR count). The van der Waals surface area contributed by atoms with E-state index in [1.807, 2.05) is 80.2 Å². The van der Waals surface area contributed by atoms with Crippen molar-refractivity contribution in [2.45, 2.75) is 20.6 Å². The molecular formula is C26H23BrN6O2. The Bertz CT molecular complexity index is 1540. The summed E-state index contributed by atoms with van der Waals surface area (Å²) in [6, 6.07) is 17.0. The van der Waals surface area contributed by atoms with Gasteiger partial charge in [-0.25, -0.2) is 9.67 Å². The molecule has 0 unspecified atom stereocenters. The summed E-state index contributed by atoms with van der Waals surface area (Å²) in [7, 11) is 1.90. The molecule has 0 saturated heterocycles. The second-order valence-electron chi connectivity index (χ2n) is 8.19. The minimum atomic E-state index is -0.238. The second kappa shape index (κ2) is 9.34. The zero-order valence-electron chi connectivity index (χ0n) is 19.5. The summed E-state index contributed by atoms with van der Waals surface area (Å²) >= 11 is 3.41. The molecule has 0 aliphatic heterocycles. The third kappa shape index (κ3) is 4.67. The van der Waals surface area contributed by atoms with Gasteiger partial charge in [0.25, 0.3) is 5.91 Å². The molecule has 0 fully saturated rings. The maximum atomic E-state index is 13.4. The summed E-state index contributed by atoms with van der Waals surface area (Å²) in [4.78, 5) is 18.2. The van der Waals surface area contributed by atoms with Gasteiger partial charge >= 0.3 is 0 Å². The summed E-state index contributed by atoms with van der Waals surface area (Å²) in [5.41, 5.74) is 5.37. The number of hydrogen-bond acceptors (Lipinski definition) is 5. The summed E-state index contributed by atoms with van der Waals surface area (Å²) in [6.45, 7) is 4.17. The third-order valence-electron chi connectivity index (χ3n) is 5.79. The number of aromatic nitrogens is 5. The number of fused-ring (bicyclic) bond motifs is 1. The number of aryl methyl sites for hydroxylation is 2. The molecule has 0 aliphatic rings. The van der Waals surface area contributed by atoms with Gasteiger partial charge in [0.2, 0.25) is 0 Å². The molecule has 1 amide bonds. The van der Waals surface area contributed by atoms with Crippen molar-refractivity contribution in [2.24, 2.45) is 7.05 Å². The monoisotopic (exact) mass is 530 g/mol. The predicted molar refractivity (Wildman–Crippen MR) is 138 cm³/mol. The lowest BCUT2D eigenvalue weighted by Crippen LogP contribution is -2.13. The summed E-state index contributed by atoms with van der Waals surface area (Å²) < 4.78 is 10.2. The van der Waals surface area contributed by atoms with Crippen molar-refractivity contribution in [2.75, 3.05) is 5.32 Å². The van der Waals surface area contributed by atoms with Gasteiger partial charge in [-0.3, -0.25) is 9.48 Å². The molecule has 0 radical (unpaired) electrons. The van der Waals surface area contributed by atoms with Crippen LogP contribution in [-0.4, -0.2) is 30.5 Å². The fourth-order valence-corrected chi connectivity index (χ4v) is 4.27. The first-order valence-electron chi connectivity index (χ1n) is 11.0. The van der Waals surface area contributed by atoms with Crippen molar-refractivity contribution in [3.05, 3.63) is 88.4 Å². The predicted octanol–water partition coefficient (Wildman–Crippen LogP) is 5.50. The van der Waals surface area contributed by atoms with Crippen LogP contribution in [0.15, 0.2) is 71.5 Å². The van der Waals surface area contributed by atoms with Crippen molar-refractivity contribution in [1.29, 1.82) is 0 Å². The van der Waals surface area contributed by atoms with Gasteiger partial charge in [-0.2, -0.15) is 10.2 Å². The number of amides is 1. The number of pyridine rings is 1. The highest BCUT2D eigenvalue weighted by molar-refractivity contribution is 9.10. The number of benzene rings is 2. The van der Waals surface area contributed by atoms with E-state index in [9.17, 15) is 4.79 Å². The van der Waals surface area contributed by atoms with E-state index in [0.717, 1.165) is 43.8 Å². The number of nitrogens with one attached hydrogen (secondary N) is 1. The van der Waals surface area contributed by atoms with Crippen molar-refractivity contribution < 1.29 is 9.53 Å². The molecule has 2 aromatic carbocycles. The number of carbonyl (C=O) groups excluding carboxylic acids is 1. The van der Waals surface area contributed by atoms with E-state index in [4.69, 9.17) is 9.72 Å². The van der Waals surface area contributed by atoms with Gasteiger partial charge in [0, 0.05) is 28.2 Å². The van der Waals surface area contributed by atoms with E-state index in [0.29, 0.717) is 11.3 Å². The largest absolute Gasteiger partial charge is 0.471 e. The van der Waals surface area contributed by atoms with Crippen molar-refractivity contribution in [3.63, 3.8) is 0 Å². The van der Waals surface area contributed by atoms with Gasteiger partial charge in [-0.15, -0.1) is 0 Å². The smallest absolute Gasteiger partial charge is 0.256 e. The van der Waals surface area contributed by atoms with E-state index in [2.05, 4.69) is 31.4 Å². The Morgan fingerprint density at radius 3 is 2.63 bits per heavy atom. The summed E-state index contributed by atoms with van der Waals surface area (Å²) in [6.07, 6.45) is 3.33. The molecule has 0 saturated carbocycles. The number of anilines is 1. The number of rotatable bonds is 6. The number of para-hydroxylation sites is 1. The lowest BCUT2D eigenvalue weighted by molar-refractivity contribution is 0.102. The molecule has 0 spiro atoms. The van der Waals surface area contributed by atoms with Crippen LogP contribution in [0, 0.1) is 13.8 Å². The van der Waals surface area contributed by atoms with Crippen LogP contribution >= 0.6 is 15.9 Å². The first-order chi connectivity index (χ1) is 16.9. The standard InChI is InChI=1S/C26H23BrN6O2/c1-16-25(17(2)32(3)31-16)24-12-22(21-6-4-5-7-23(21)30-24)26(34)29-19-13-28-33(14-19)15-35-20-10-8-18(27)9-11-20/h4-14H,15H2,1-3H3,(H,29,34). The molecular weight excluding hydrogens is 508 g/mol. The minimum absolute atomic E-state index is 0.222. The molecule has 9 heteroatoms. The van der Waals surface area contributed by atoms with E-state index in [-0.39, 0.29) is 12.6 Å². The lowest BCUT2D eigenvalue weighted by Gasteiger charge is -2.10. The van der Waals surface area contributed by atoms with Crippen molar-refractivity contribution >= 4 is 38.4 Å². The minimum Gasteiger partial charge on any atom is -0.471 e. The molecule has 35 heavy (non-hydrogen) atoms. The Morgan fingerprint density at radius 1 is 1.11 bits per heavy atom. The quantitative estimate of drug-likeness (QED) is 0.313. The van der Waals surface area contributed by atoms with Crippen LogP contribution < -0.4 is 10.1 Å². The number of nitrogens with zero attached hydrogens (tertiary/aromatic N) is 5. The molecule has 0 aliphatic carbocycles. The molecule has 0 bridgehead atoms. The summed E-state index contributed by atoms with van der Waals surface area (Å²) in [5, 5.41) is 12.5. The van der Waals surface area contributed by atoms with Crippen LogP contribution in [0.2, 0.25) is 0 Å². The van der Waals surface area contributed by atoms with Gasteiger partial charge < -0.3 is 10.1 Å². The van der Waals surface area contributed by atoms with Crippen LogP contribution in [0.1, 0.15) is 21.7 Å². The van der Waals surface area contributed by atoms with Gasteiger partial charge in [0.05, 0.1) is 40.5 Å². The lowest BCUT2D eigenvalue weighted by atomic mass is 10.0. The van der Waals surface area contributed by atoms with Crippen LogP contribution in [0.5, 0.6) is 5.75 Å². The van der Waals surface area contributed by atoms with E-state index in [1.165, 1.54) is 0 Å². The molecule has 3 heterocycles. The summed E-state index contributed by atoms with van der Waals surface area (Å²) in [5.74, 6) is 0.489. The number of ether oxygens (including phenoxy) is 1.